The maximum atomic E-state index is 13.4. The average Bonchev–Trinajstić information content (AvgIpc) is 2.96. The molecular weight excluding hydrogens is 565 g/mol. The van der Waals surface area contributed by atoms with Gasteiger partial charge in [0.1, 0.15) is 5.69 Å². The first kappa shape index (κ1) is 29.7. The van der Waals surface area contributed by atoms with Gasteiger partial charge in [-0.15, -0.1) is 0 Å². The molecule has 0 atom stereocenters. The van der Waals surface area contributed by atoms with Gasteiger partial charge in [0, 0.05) is 43.2 Å². The third kappa shape index (κ3) is 7.10. The number of nitrogens with one attached hydrogen (secondary N) is 3. The van der Waals surface area contributed by atoms with Crippen molar-refractivity contribution in [3.05, 3.63) is 93.0 Å². The third-order valence-corrected chi connectivity index (χ3v) is 6.68. The van der Waals surface area contributed by atoms with Crippen LogP contribution in [0.25, 0.3) is 22.4 Å². The number of urea groups is 1. The van der Waals surface area contributed by atoms with Crippen LogP contribution >= 0.6 is 23.2 Å². The number of anilines is 2. The molecule has 2 aromatic carbocycles. The van der Waals surface area contributed by atoms with E-state index in [1.54, 1.807) is 19.1 Å². The molecule has 0 fully saturated rings. The number of hydrogen-bond acceptors (Lipinski definition) is 6. The van der Waals surface area contributed by atoms with Crippen LogP contribution in [0, 0.1) is 0 Å². The summed E-state index contributed by atoms with van der Waals surface area (Å²) in [5, 5.41) is 12.9. The van der Waals surface area contributed by atoms with Crippen molar-refractivity contribution < 1.29 is 9.59 Å². The van der Waals surface area contributed by atoms with Gasteiger partial charge < -0.3 is 20.9 Å². The summed E-state index contributed by atoms with van der Waals surface area (Å²) in [7, 11) is 3.85. The molecule has 0 aliphatic rings. The lowest BCUT2D eigenvalue weighted by atomic mass is 9.92. The Hall–Kier alpha value is -4.25. The second-order valence-corrected chi connectivity index (χ2v) is 10.1. The molecule has 0 aliphatic heterocycles. The maximum absolute atomic E-state index is 13.4. The number of carbonyl (C=O) groups excluding carboxylic acids is 2. The standard InChI is InChI=1S/C29H29Cl2N7O3/c1-4-38-28(40)24(34-29(41)35-26-21(30)16-32-17-22(26)31)15-23(36-38)25-19(18-9-6-5-7-10-18)11-8-12-20(25)27(39)33-13-14-37(2)3/h5-12,15-17H,4,13-14H2,1-3H3,(H,33,39)(H2,32,34,35,41). The molecule has 0 saturated carbocycles. The molecular formula is C29H29Cl2N7O3. The van der Waals surface area contributed by atoms with Crippen molar-refractivity contribution in [2.75, 3.05) is 37.8 Å². The van der Waals surface area contributed by atoms with Crippen LogP contribution in [-0.2, 0) is 6.54 Å². The van der Waals surface area contributed by atoms with E-state index < -0.39 is 11.6 Å². The molecule has 3 N–H and O–H groups in total. The summed E-state index contributed by atoms with van der Waals surface area (Å²) in [5.41, 5.74) is 2.42. The number of likely N-dealkylation sites (N-methyl/N-ethyl adjacent to an activating group) is 1. The summed E-state index contributed by atoms with van der Waals surface area (Å²) in [6.45, 7) is 3.09. The van der Waals surface area contributed by atoms with E-state index in [4.69, 9.17) is 23.2 Å². The van der Waals surface area contributed by atoms with Crippen molar-refractivity contribution >= 4 is 46.5 Å². The molecule has 10 nitrogen and oxygen atoms in total. The molecule has 0 radical (unpaired) electrons. The van der Waals surface area contributed by atoms with Crippen LogP contribution in [0.15, 0.2) is 71.8 Å². The molecule has 0 aliphatic carbocycles. The van der Waals surface area contributed by atoms with Crippen LogP contribution in [0.3, 0.4) is 0 Å². The van der Waals surface area contributed by atoms with Gasteiger partial charge in [0.15, 0.2) is 0 Å². The van der Waals surface area contributed by atoms with Gasteiger partial charge in [-0.2, -0.15) is 5.10 Å². The van der Waals surface area contributed by atoms with Gasteiger partial charge in [-0.3, -0.25) is 14.6 Å². The number of aryl methyl sites for hydroxylation is 1. The predicted octanol–water partition coefficient (Wildman–Crippen LogP) is 5.23. The highest BCUT2D eigenvalue weighted by molar-refractivity contribution is 6.39. The number of nitrogens with zero attached hydrogens (tertiary/aromatic N) is 4. The normalized spacial score (nSPS) is 10.9. The summed E-state index contributed by atoms with van der Waals surface area (Å²) in [5.74, 6) is -0.287. The zero-order valence-electron chi connectivity index (χ0n) is 22.7. The monoisotopic (exact) mass is 593 g/mol. The Morgan fingerprint density at radius 2 is 1.68 bits per heavy atom. The van der Waals surface area contributed by atoms with Crippen LogP contribution in [-0.4, -0.2) is 58.8 Å². The highest BCUT2D eigenvalue weighted by Gasteiger charge is 2.22. The topological polar surface area (TPSA) is 121 Å². The van der Waals surface area contributed by atoms with Gasteiger partial charge in [0.05, 0.1) is 21.4 Å². The summed E-state index contributed by atoms with van der Waals surface area (Å²) >= 11 is 12.3. The first-order chi connectivity index (χ1) is 19.7. The van der Waals surface area contributed by atoms with Crippen molar-refractivity contribution in [1.29, 1.82) is 0 Å². The van der Waals surface area contributed by atoms with Crippen molar-refractivity contribution in [1.82, 2.24) is 25.0 Å². The molecule has 0 spiro atoms. The molecule has 4 aromatic rings. The Balaban J connectivity index is 1.81. The highest BCUT2D eigenvalue weighted by Crippen LogP contribution is 2.35. The first-order valence-electron chi connectivity index (χ1n) is 12.8. The zero-order valence-corrected chi connectivity index (χ0v) is 24.3. The highest BCUT2D eigenvalue weighted by atomic mass is 35.5. The van der Waals surface area contributed by atoms with E-state index in [0.29, 0.717) is 29.9 Å². The summed E-state index contributed by atoms with van der Waals surface area (Å²) in [6.07, 6.45) is 2.67. The quantitative estimate of drug-likeness (QED) is 0.244. The minimum absolute atomic E-state index is 0.0440. The Morgan fingerprint density at radius 1 is 0.976 bits per heavy atom. The van der Waals surface area contributed by atoms with Gasteiger partial charge in [-0.1, -0.05) is 65.7 Å². The Bertz CT molecular complexity index is 1600. The van der Waals surface area contributed by atoms with E-state index in [0.717, 1.165) is 11.1 Å². The number of pyridine rings is 1. The molecule has 2 heterocycles. The lowest BCUT2D eigenvalue weighted by Crippen LogP contribution is -2.32. The second-order valence-electron chi connectivity index (χ2n) is 9.27. The number of benzene rings is 2. The van der Waals surface area contributed by atoms with Crippen molar-refractivity contribution in [3.63, 3.8) is 0 Å². The maximum Gasteiger partial charge on any atom is 0.323 e. The molecule has 4 rings (SSSR count). The lowest BCUT2D eigenvalue weighted by molar-refractivity contribution is 0.0951. The van der Waals surface area contributed by atoms with E-state index in [2.05, 4.69) is 26.0 Å². The fourth-order valence-electron chi connectivity index (χ4n) is 4.13. The Morgan fingerprint density at radius 3 is 2.34 bits per heavy atom. The van der Waals surface area contributed by atoms with Crippen LogP contribution in [0.5, 0.6) is 0 Å². The molecule has 0 unspecified atom stereocenters. The van der Waals surface area contributed by atoms with Gasteiger partial charge in [0.25, 0.3) is 11.5 Å². The van der Waals surface area contributed by atoms with E-state index >= 15 is 0 Å². The van der Waals surface area contributed by atoms with Crippen molar-refractivity contribution in [2.24, 2.45) is 0 Å². The summed E-state index contributed by atoms with van der Waals surface area (Å²) < 4.78 is 1.23. The summed E-state index contributed by atoms with van der Waals surface area (Å²) in [4.78, 5) is 45.4. The van der Waals surface area contributed by atoms with Crippen LogP contribution < -0.4 is 21.5 Å². The predicted molar refractivity (Wildman–Crippen MR) is 163 cm³/mol. The van der Waals surface area contributed by atoms with E-state index in [1.807, 2.05) is 55.4 Å². The lowest BCUT2D eigenvalue weighted by Gasteiger charge is -2.18. The Labute approximate surface area is 247 Å². The fraction of sp³-hybridized carbons (Fsp3) is 0.207. The number of carbonyl (C=O) groups is 2. The minimum Gasteiger partial charge on any atom is -0.351 e. The largest absolute Gasteiger partial charge is 0.351 e. The van der Waals surface area contributed by atoms with Gasteiger partial charge in [0.2, 0.25) is 0 Å². The molecule has 2 aromatic heterocycles. The van der Waals surface area contributed by atoms with Crippen LogP contribution in [0.4, 0.5) is 16.2 Å². The van der Waals surface area contributed by atoms with Gasteiger partial charge >= 0.3 is 6.03 Å². The fourth-order valence-corrected chi connectivity index (χ4v) is 4.59. The van der Waals surface area contributed by atoms with E-state index in [1.165, 1.54) is 23.1 Å². The number of hydrogen-bond donors (Lipinski definition) is 3. The van der Waals surface area contributed by atoms with Gasteiger partial charge in [-0.05, 0) is 44.3 Å². The average molecular weight is 595 g/mol. The van der Waals surface area contributed by atoms with E-state index in [-0.39, 0.29) is 33.9 Å². The molecule has 3 amide bonds. The van der Waals surface area contributed by atoms with E-state index in [9.17, 15) is 14.4 Å². The zero-order chi connectivity index (χ0) is 29.5. The molecule has 12 heteroatoms. The van der Waals surface area contributed by atoms with Gasteiger partial charge in [-0.25, -0.2) is 9.48 Å². The number of amides is 3. The Kier molecular flexibility index (Phi) is 9.72. The summed E-state index contributed by atoms with van der Waals surface area (Å²) in [6, 6.07) is 15.7. The second kappa shape index (κ2) is 13.4. The SMILES string of the molecule is CCn1nc(-c2c(C(=O)NCCN(C)C)cccc2-c2ccccc2)cc(NC(=O)Nc2c(Cl)cncc2Cl)c1=O. The van der Waals surface area contributed by atoms with Crippen LogP contribution in [0.2, 0.25) is 10.0 Å². The van der Waals surface area contributed by atoms with Crippen molar-refractivity contribution in [2.45, 2.75) is 13.5 Å². The molecule has 41 heavy (non-hydrogen) atoms. The molecule has 0 saturated heterocycles. The van der Waals surface area contributed by atoms with Crippen molar-refractivity contribution in [3.8, 4) is 22.4 Å². The number of aromatic nitrogens is 3. The molecule has 212 valence electrons. The third-order valence-electron chi connectivity index (χ3n) is 6.11. The smallest absolute Gasteiger partial charge is 0.323 e. The molecule has 0 bridgehead atoms. The first-order valence-corrected chi connectivity index (χ1v) is 13.6. The number of rotatable bonds is 9. The number of halogens is 2. The minimum atomic E-state index is -0.741. The van der Waals surface area contributed by atoms with Crippen LogP contribution in [0.1, 0.15) is 17.3 Å².